The van der Waals surface area contributed by atoms with E-state index in [-0.39, 0.29) is 17.7 Å². The van der Waals surface area contributed by atoms with Gasteiger partial charge in [0.2, 0.25) is 11.8 Å². The monoisotopic (exact) mass is 446 g/mol. The van der Waals surface area contributed by atoms with Gasteiger partial charge < -0.3 is 4.90 Å². The van der Waals surface area contributed by atoms with Crippen LogP contribution in [-0.4, -0.2) is 46.8 Å². The van der Waals surface area contributed by atoms with Crippen LogP contribution in [0.4, 0.5) is 5.82 Å². The number of amides is 2. The van der Waals surface area contributed by atoms with Gasteiger partial charge >= 0.3 is 0 Å². The van der Waals surface area contributed by atoms with Crippen molar-refractivity contribution in [3.63, 3.8) is 0 Å². The molecule has 2 aromatic rings. The lowest BCUT2D eigenvalue weighted by atomic mass is 9.76. The van der Waals surface area contributed by atoms with Crippen LogP contribution >= 0.6 is 0 Å². The van der Waals surface area contributed by atoms with E-state index in [0.29, 0.717) is 19.4 Å². The van der Waals surface area contributed by atoms with Crippen molar-refractivity contribution in [3.05, 3.63) is 52.0 Å². The van der Waals surface area contributed by atoms with Gasteiger partial charge in [0.1, 0.15) is 11.6 Å². The number of rotatable bonds is 3. The highest BCUT2D eigenvalue weighted by Crippen LogP contribution is 2.44. The number of carbonyl (C=O) groups is 2. The third-order valence-electron chi connectivity index (χ3n) is 7.97. The quantitative estimate of drug-likeness (QED) is 0.711. The van der Waals surface area contributed by atoms with E-state index in [0.717, 1.165) is 61.5 Å². The van der Waals surface area contributed by atoms with Crippen LogP contribution in [0.1, 0.15) is 78.2 Å². The van der Waals surface area contributed by atoms with Crippen molar-refractivity contribution in [1.29, 1.82) is 0 Å². The molecule has 0 spiro atoms. The highest BCUT2D eigenvalue weighted by molar-refractivity contribution is 5.95. The van der Waals surface area contributed by atoms with E-state index in [1.54, 1.807) is 11.9 Å². The lowest BCUT2D eigenvalue weighted by molar-refractivity contribution is -0.136. The number of hydrogen-bond acceptors (Lipinski definition) is 4. The van der Waals surface area contributed by atoms with Gasteiger partial charge in [0.25, 0.3) is 0 Å². The second kappa shape index (κ2) is 8.23. The van der Waals surface area contributed by atoms with E-state index in [1.807, 2.05) is 6.92 Å². The van der Waals surface area contributed by atoms with Gasteiger partial charge in [-0.05, 0) is 52.0 Å². The molecule has 3 heterocycles. The molecule has 5 rings (SSSR count). The summed E-state index contributed by atoms with van der Waals surface area (Å²) in [6.07, 6.45) is 6.14. The summed E-state index contributed by atoms with van der Waals surface area (Å²) in [4.78, 5) is 39.6. The molecule has 33 heavy (non-hydrogen) atoms. The maximum atomic E-state index is 14.0. The van der Waals surface area contributed by atoms with Gasteiger partial charge in [-0.15, -0.1) is 0 Å². The maximum Gasteiger partial charge on any atom is 0.233 e. The Bertz CT molecular complexity index is 1100. The minimum Gasteiger partial charge on any atom is -0.341 e. The van der Waals surface area contributed by atoms with Crippen LogP contribution in [-0.2, 0) is 21.4 Å². The minimum atomic E-state index is -0.398. The Morgan fingerprint density at radius 1 is 1.03 bits per heavy atom. The van der Waals surface area contributed by atoms with Crippen molar-refractivity contribution < 1.29 is 9.59 Å². The van der Waals surface area contributed by atoms with Gasteiger partial charge in [0.05, 0.1) is 5.41 Å². The molecule has 0 N–H and O–H groups in total. The summed E-state index contributed by atoms with van der Waals surface area (Å²) in [5, 5.41) is 0. The van der Waals surface area contributed by atoms with Crippen LogP contribution in [0.25, 0.3) is 0 Å². The Morgan fingerprint density at radius 2 is 1.73 bits per heavy atom. The van der Waals surface area contributed by atoms with E-state index < -0.39 is 5.41 Å². The van der Waals surface area contributed by atoms with Crippen LogP contribution in [0.5, 0.6) is 0 Å². The topological polar surface area (TPSA) is 66.4 Å². The fourth-order valence-corrected chi connectivity index (χ4v) is 6.19. The summed E-state index contributed by atoms with van der Waals surface area (Å²) in [6, 6.07) is 6.61. The summed E-state index contributed by atoms with van der Waals surface area (Å²) < 4.78 is 0. The molecule has 2 fully saturated rings. The average Bonchev–Trinajstić information content (AvgIpc) is 3.46. The Hall–Kier alpha value is -2.76. The highest BCUT2D eigenvalue weighted by atomic mass is 16.2. The number of fused-ring (bicyclic) bond motifs is 1. The van der Waals surface area contributed by atoms with Crippen molar-refractivity contribution in [1.82, 2.24) is 14.9 Å². The molecule has 1 saturated heterocycles. The summed E-state index contributed by atoms with van der Waals surface area (Å²) >= 11 is 0. The Morgan fingerprint density at radius 3 is 2.42 bits per heavy atom. The molecule has 3 aliphatic rings. The SMILES string of the molecule is Cc1cc(C)cc(C2(C(=O)N3CC[C@@H](c4nc(C)c5c(n4)N(C)C(=O)CC5)C3)CCCC2)c1. The number of carbonyl (C=O) groups excluding carboxylic acids is 2. The summed E-state index contributed by atoms with van der Waals surface area (Å²) in [7, 11) is 1.80. The summed E-state index contributed by atoms with van der Waals surface area (Å²) in [6.45, 7) is 7.64. The van der Waals surface area contributed by atoms with Gasteiger partial charge in [-0.3, -0.25) is 14.5 Å². The standard InChI is InChI=1S/C27H34N4O2/c1-17-13-18(2)15-21(14-17)27(10-5-6-11-27)26(33)31-12-9-20(16-31)24-28-19(3)22-7-8-23(32)30(4)25(22)29-24/h13-15,20H,5-12,16H2,1-4H3/t20-/m1/s1. The van der Waals surface area contributed by atoms with E-state index in [9.17, 15) is 9.59 Å². The van der Waals surface area contributed by atoms with E-state index in [2.05, 4.69) is 36.9 Å². The first-order valence-electron chi connectivity index (χ1n) is 12.3. The first kappa shape index (κ1) is 22.1. The number of aryl methyl sites for hydroxylation is 3. The highest BCUT2D eigenvalue weighted by Gasteiger charge is 2.46. The molecule has 2 aliphatic heterocycles. The predicted molar refractivity (Wildman–Crippen MR) is 129 cm³/mol. The Kier molecular flexibility index (Phi) is 5.50. The molecule has 6 nitrogen and oxygen atoms in total. The lowest BCUT2D eigenvalue weighted by Gasteiger charge is -2.33. The minimum absolute atomic E-state index is 0.103. The molecule has 0 bridgehead atoms. The van der Waals surface area contributed by atoms with E-state index in [4.69, 9.17) is 9.97 Å². The molecule has 6 heteroatoms. The van der Waals surface area contributed by atoms with Crippen molar-refractivity contribution in [2.45, 2.75) is 77.0 Å². The number of benzene rings is 1. The van der Waals surface area contributed by atoms with Crippen LogP contribution in [0.15, 0.2) is 18.2 Å². The van der Waals surface area contributed by atoms with Crippen LogP contribution in [0, 0.1) is 20.8 Å². The second-order valence-corrected chi connectivity index (χ2v) is 10.3. The maximum absolute atomic E-state index is 14.0. The molecule has 1 aliphatic carbocycles. The fourth-order valence-electron chi connectivity index (χ4n) is 6.19. The van der Waals surface area contributed by atoms with Crippen LogP contribution in [0.3, 0.4) is 0 Å². The van der Waals surface area contributed by atoms with Crippen LogP contribution in [0.2, 0.25) is 0 Å². The van der Waals surface area contributed by atoms with Gasteiger partial charge in [-0.1, -0.05) is 42.2 Å². The molecule has 0 unspecified atom stereocenters. The van der Waals surface area contributed by atoms with Crippen molar-refractivity contribution in [2.75, 3.05) is 25.0 Å². The molecule has 1 aromatic carbocycles. The zero-order valence-electron chi connectivity index (χ0n) is 20.3. The van der Waals surface area contributed by atoms with E-state index in [1.165, 1.54) is 16.7 Å². The molecule has 1 aromatic heterocycles. The molecule has 1 atom stereocenters. The number of anilines is 1. The van der Waals surface area contributed by atoms with Crippen LogP contribution < -0.4 is 4.90 Å². The van der Waals surface area contributed by atoms with Gasteiger partial charge in [-0.25, -0.2) is 9.97 Å². The van der Waals surface area contributed by atoms with Gasteiger partial charge in [0.15, 0.2) is 0 Å². The zero-order chi connectivity index (χ0) is 23.3. The summed E-state index contributed by atoms with van der Waals surface area (Å²) in [5.41, 5.74) is 5.27. The van der Waals surface area contributed by atoms with Gasteiger partial charge in [-0.2, -0.15) is 0 Å². The molecule has 0 radical (unpaired) electrons. The molecular weight excluding hydrogens is 412 g/mol. The van der Waals surface area contributed by atoms with Crippen molar-refractivity contribution >= 4 is 17.6 Å². The predicted octanol–water partition coefficient (Wildman–Crippen LogP) is 4.14. The Balaban J connectivity index is 1.41. The number of hydrogen-bond donors (Lipinski definition) is 0. The lowest BCUT2D eigenvalue weighted by Crippen LogP contribution is -2.44. The summed E-state index contributed by atoms with van der Waals surface area (Å²) in [5.74, 6) is 2.01. The van der Waals surface area contributed by atoms with E-state index >= 15 is 0 Å². The smallest absolute Gasteiger partial charge is 0.233 e. The first-order chi connectivity index (χ1) is 15.8. The fraction of sp³-hybridized carbons (Fsp3) is 0.556. The first-order valence-corrected chi connectivity index (χ1v) is 12.3. The second-order valence-electron chi connectivity index (χ2n) is 10.3. The Labute approximate surface area is 196 Å². The number of aromatic nitrogens is 2. The normalized spacial score (nSPS) is 22.1. The van der Waals surface area contributed by atoms with Crippen molar-refractivity contribution in [2.24, 2.45) is 0 Å². The molecule has 174 valence electrons. The number of nitrogens with zero attached hydrogens (tertiary/aromatic N) is 4. The number of likely N-dealkylation sites (tertiary alicyclic amines) is 1. The van der Waals surface area contributed by atoms with Crippen molar-refractivity contribution in [3.8, 4) is 0 Å². The zero-order valence-corrected chi connectivity index (χ0v) is 20.3. The largest absolute Gasteiger partial charge is 0.341 e. The molecular formula is C27H34N4O2. The third kappa shape index (κ3) is 3.73. The average molecular weight is 447 g/mol. The molecule has 2 amide bonds. The molecule has 1 saturated carbocycles. The third-order valence-corrected chi connectivity index (χ3v) is 7.97. The van der Waals surface area contributed by atoms with Gasteiger partial charge in [0, 0.05) is 43.7 Å².